The Bertz CT molecular complexity index is 866. The van der Waals surface area contributed by atoms with E-state index < -0.39 is 10.0 Å². The van der Waals surface area contributed by atoms with Crippen LogP contribution in [-0.2, 0) is 14.8 Å². The fraction of sp³-hybridized carbons (Fsp3) is 0.278. The molecule has 0 fully saturated rings. The van der Waals surface area contributed by atoms with Gasteiger partial charge in [-0.05, 0) is 63.2 Å². The number of nitrogens with one attached hydrogen (secondary N) is 1. The van der Waals surface area contributed by atoms with Gasteiger partial charge in [-0.3, -0.25) is 4.79 Å². The SMILES string of the molecule is Cc1ccc(/C=C/C(=O)Nc2ccc(S(=O)(=O)N(C)C(C)C)cc2)s1. The molecule has 0 atom stereocenters. The lowest BCUT2D eigenvalue weighted by atomic mass is 10.3. The molecule has 1 amide bonds. The Balaban J connectivity index is 2.05. The van der Waals surface area contributed by atoms with Crippen LogP contribution >= 0.6 is 11.3 Å². The lowest BCUT2D eigenvalue weighted by Gasteiger charge is -2.21. The van der Waals surface area contributed by atoms with Crippen molar-refractivity contribution in [3.8, 4) is 0 Å². The minimum Gasteiger partial charge on any atom is -0.323 e. The van der Waals surface area contributed by atoms with Crippen LogP contribution in [0.15, 0.2) is 47.4 Å². The van der Waals surface area contributed by atoms with Gasteiger partial charge >= 0.3 is 0 Å². The summed E-state index contributed by atoms with van der Waals surface area (Å²) in [6, 6.07) is 9.98. The van der Waals surface area contributed by atoms with Gasteiger partial charge in [0.25, 0.3) is 0 Å². The van der Waals surface area contributed by atoms with Crippen molar-refractivity contribution in [1.82, 2.24) is 4.31 Å². The first-order chi connectivity index (χ1) is 11.7. The van der Waals surface area contributed by atoms with Crippen molar-refractivity contribution < 1.29 is 13.2 Å². The molecule has 1 aromatic carbocycles. The predicted molar refractivity (Wildman–Crippen MR) is 103 cm³/mol. The molecular formula is C18H22N2O3S2. The van der Waals surface area contributed by atoms with E-state index in [1.165, 1.54) is 27.4 Å². The van der Waals surface area contributed by atoms with Gasteiger partial charge in [-0.2, -0.15) is 4.31 Å². The number of amides is 1. The molecule has 2 aromatic rings. The van der Waals surface area contributed by atoms with Crippen LogP contribution in [0.3, 0.4) is 0 Å². The third kappa shape index (κ3) is 5.01. The van der Waals surface area contributed by atoms with Crippen molar-refractivity contribution in [2.45, 2.75) is 31.7 Å². The molecule has 7 heteroatoms. The van der Waals surface area contributed by atoms with Crippen LogP contribution in [-0.4, -0.2) is 31.7 Å². The Morgan fingerprint density at radius 3 is 2.32 bits per heavy atom. The van der Waals surface area contributed by atoms with Crippen LogP contribution in [0.1, 0.15) is 23.6 Å². The molecule has 0 aliphatic carbocycles. The molecule has 0 saturated carbocycles. The smallest absolute Gasteiger partial charge is 0.248 e. The molecule has 0 saturated heterocycles. The van der Waals surface area contributed by atoms with Gasteiger partial charge in [-0.1, -0.05) is 0 Å². The van der Waals surface area contributed by atoms with E-state index in [0.29, 0.717) is 5.69 Å². The number of benzene rings is 1. The van der Waals surface area contributed by atoms with E-state index in [1.807, 2.05) is 32.9 Å². The molecule has 0 unspecified atom stereocenters. The van der Waals surface area contributed by atoms with Crippen LogP contribution in [0.5, 0.6) is 0 Å². The van der Waals surface area contributed by atoms with Crippen LogP contribution in [0, 0.1) is 6.92 Å². The van der Waals surface area contributed by atoms with Crippen molar-refractivity contribution >= 4 is 39.0 Å². The molecule has 134 valence electrons. The average molecular weight is 379 g/mol. The number of rotatable bonds is 6. The Morgan fingerprint density at radius 2 is 1.80 bits per heavy atom. The quantitative estimate of drug-likeness (QED) is 0.779. The van der Waals surface area contributed by atoms with Crippen molar-refractivity contribution in [1.29, 1.82) is 0 Å². The number of carbonyl (C=O) groups is 1. The maximum atomic E-state index is 12.4. The molecule has 5 nitrogen and oxygen atoms in total. The lowest BCUT2D eigenvalue weighted by Crippen LogP contribution is -2.33. The number of sulfonamides is 1. The van der Waals surface area contributed by atoms with Gasteiger partial charge < -0.3 is 5.32 Å². The first kappa shape index (κ1) is 19.4. The summed E-state index contributed by atoms with van der Waals surface area (Å²) < 4.78 is 26.1. The number of anilines is 1. The Kier molecular flexibility index (Phi) is 6.16. The third-order valence-electron chi connectivity index (χ3n) is 3.69. The monoisotopic (exact) mass is 378 g/mol. The van der Waals surface area contributed by atoms with E-state index in [1.54, 1.807) is 36.6 Å². The lowest BCUT2D eigenvalue weighted by molar-refractivity contribution is -0.111. The van der Waals surface area contributed by atoms with Crippen molar-refractivity contribution in [3.05, 3.63) is 52.2 Å². The van der Waals surface area contributed by atoms with E-state index in [0.717, 1.165) is 4.88 Å². The third-order valence-corrected chi connectivity index (χ3v) is 6.70. The molecule has 0 bridgehead atoms. The molecule has 2 rings (SSSR count). The zero-order chi connectivity index (χ0) is 18.6. The summed E-state index contributed by atoms with van der Waals surface area (Å²) in [4.78, 5) is 14.3. The zero-order valence-electron chi connectivity index (χ0n) is 14.7. The Hall–Kier alpha value is -1.96. The maximum absolute atomic E-state index is 12.4. The van der Waals surface area contributed by atoms with Crippen LogP contribution in [0.25, 0.3) is 6.08 Å². The second-order valence-electron chi connectivity index (χ2n) is 5.91. The minimum absolute atomic E-state index is 0.129. The van der Waals surface area contributed by atoms with Gasteiger partial charge in [0.15, 0.2) is 0 Å². The topological polar surface area (TPSA) is 66.5 Å². The zero-order valence-corrected chi connectivity index (χ0v) is 16.3. The van der Waals surface area contributed by atoms with E-state index in [4.69, 9.17) is 0 Å². The molecule has 1 N–H and O–H groups in total. The highest BCUT2D eigenvalue weighted by Crippen LogP contribution is 2.19. The van der Waals surface area contributed by atoms with E-state index in [9.17, 15) is 13.2 Å². The number of thiophene rings is 1. The Morgan fingerprint density at radius 1 is 1.16 bits per heavy atom. The number of nitrogens with zero attached hydrogens (tertiary/aromatic N) is 1. The fourth-order valence-electron chi connectivity index (χ4n) is 2.04. The van der Waals surface area contributed by atoms with Gasteiger partial charge in [-0.15, -0.1) is 11.3 Å². The van der Waals surface area contributed by atoms with Crippen LogP contribution in [0.4, 0.5) is 5.69 Å². The van der Waals surface area contributed by atoms with Gasteiger partial charge in [0.05, 0.1) is 4.90 Å². The second kappa shape index (κ2) is 7.95. The van der Waals surface area contributed by atoms with Gasteiger partial charge in [0, 0.05) is 34.6 Å². The molecule has 0 aliphatic rings. The summed E-state index contributed by atoms with van der Waals surface area (Å²) in [5.74, 6) is -0.263. The van der Waals surface area contributed by atoms with Crippen molar-refractivity contribution in [2.75, 3.05) is 12.4 Å². The molecule has 0 spiro atoms. The van der Waals surface area contributed by atoms with Gasteiger partial charge in [0.2, 0.25) is 15.9 Å². The summed E-state index contributed by atoms with van der Waals surface area (Å²) in [5.41, 5.74) is 0.545. The van der Waals surface area contributed by atoms with Crippen molar-refractivity contribution in [3.63, 3.8) is 0 Å². The first-order valence-electron chi connectivity index (χ1n) is 7.84. The van der Waals surface area contributed by atoms with Crippen LogP contribution < -0.4 is 5.32 Å². The van der Waals surface area contributed by atoms with Crippen molar-refractivity contribution in [2.24, 2.45) is 0 Å². The van der Waals surface area contributed by atoms with E-state index >= 15 is 0 Å². The average Bonchev–Trinajstić information content (AvgIpc) is 2.98. The fourth-order valence-corrected chi connectivity index (χ4v) is 4.19. The second-order valence-corrected chi connectivity index (χ2v) is 9.23. The van der Waals surface area contributed by atoms with E-state index in [-0.39, 0.29) is 16.8 Å². The highest BCUT2D eigenvalue weighted by atomic mass is 32.2. The van der Waals surface area contributed by atoms with Gasteiger partial charge in [-0.25, -0.2) is 8.42 Å². The summed E-state index contributed by atoms with van der Waals surface area (Å²) in [5, 5.41) is 2.72. The van der Waals surface area contributed by atoms with E-state index in [2.05, 4.69) is 5.32 Å². The molecule has 25 heavy (non-hydrogen) atoms. The molecule has 0 aliphatic heterocycles. The summed E-state index contributed by atoms with van der Waals surface area (Å²) in [6.07, 6.45) is 3.21. The minimum atomic E-state index is -3.52. The predicted octanol–water partition coefficient (Wildman–Crippen LogP) is 3.74. The van der Waals surface area contributed by atoms with Gasteiger partial charge in [0.1, 0.15) is 0 Å². The standard InChI is InChI=1S/C18H22N2O3S2/c1-13(2)20(4)25(22,23)17-10-6-15(7-11-17)19-18(21)12-9-16-8-5-14(3)24-16/h5-13H,1-4H3,(H,19,21)/b12-9+. The molecular weight excluding hydrogens is 356 g/mol. The number of hydrogen-bond donors (Lipinski definition) is 1. The van der Waals surface area contributed by atoms with Crippen LogP contribution in [0.2, 0.25) is 0 Å². The summed E-state index contributed by atoms with van der Waals surface area (Å²) in [7, 11) is -1.97. The summed E-state index contributed by atoms with van der Waals surface area (Å²) >= 11 is 1.61. The Labute approximate surface area is 153 Å². The normalized spacial score (nSPS) is 12.2. The molecule has 1 heterocycles. The molecule has 0 radical (unpaired) electrons. The maximum Gasteiger partial charge on any atom is 0.248 e. The highest BCUT2D eigenvalue weighted by Gasteiger charge is 2.22. The number of carbonyl (C=O) groups excluding carboxylic acids is 1. The molecule has 1 aromatic heterocycles. The highest BCUT2D eigenvalue weighted by molar-refractivity contribution is 7.89. The first-order valence-corrected chi connectivity index (χ1v) is 10.1. The number of hydrogen-bond acceptors (Lipinski definition) is 4. The largest absolute Gasteiger partial charge is 0.323 e. The number of aryl methyl sites for hydroxylation is 1. The summed E-state index contributed by atoms with van der Waals surface area (Å²) in [6.45, 7) is 5.63.